The molecule has 0 atom stereocenters. The molecule has 1 N–H and O–H groups in total. The number of aromatic hydroxyl groups is 1. The highest BCUT2D eigenvalue weighted by atomic mass is 79.9. The minimum absolute atomic E-state index is 0.0283. The Labute approximate surface area is 88.6 Å². The molecule has 14 heavy (non-hydrogen) atoms. The molecule has 0 aromatic heterocycles. The third-order valence-electron chi connectivity index (χ3n) is 1.52. The van der Waals surface area contributed by atoms with Crippen molar-refractivity contribution in [1.29, 1.82) is 0 Å². The number of halogens is 2. The summed E-state index contributed by atoms with van der Waals surface area (Å²) in [5, 5.41) is 9.09. The Morgan fingerprint density at radius 3 is 2.79 bits per heavy atom. The van der Waals surface area contributed by atoms with Crippen LogP contribution in [0.1, 0.15) is 17.3 Å². The topological polar surface area (TPSA) is 46.5 Å². The molecule has 76 valence electrons. The van der Waals surface area contributed by atoms with Gasteiger partial charge in [-0.05, 0) is 35.0 Å². The number of phenolic OH excluding ortho intramolecular Hbond substituents is 1. The van der Waals surface area contributed by atoms with Crippen molar-refractivity contribution in [2.45, 2.75) is 6.92 Å². The van der Waals surface area contributed by atoms with E-state index in [4.69, 9.17) is 5.11 Å². The molecule has 1 aromatic rings. The molecule has 0 spiro atoms. The Morgan fingerprint density at radius 1 is 1.64 bits per heavy atom. The first-order valence-electron chi connectivity index (χ1n) is 3.91. The second-order valence-electron chi connectivity index (χ2n) is 2.51. The average molecular weight is 263 g/mol. The fourth-order valence-corrected chi connectivity index (χ4v) is 1.36. The van der Waals surface area contributed by atoms with Crippen LogP contribution < -0.4 is 0 Å². The molecule has 0 saturated heterocycles. The largest absolute Gasteiger partial charge is 0.505 e. The summed E-state index contributed by atoms with van der Waals surface area (Å²) >= 11 is 2.87. The molecule has 0 bridgehead atoms. The molecule has 1 aromatic carbocycles. The van der Waals surface area contributed by atoms with Crippen molar-refractivity contribution in [2.24, 2.45) is 0 Å². The van der Waals surface area contributed by atoms with Gasteiger partial charge in [0.1, 0.15) is 0 Å². The van der Waals surface area contributed by atoms with Crippen molar-refractivity contribution in [3.05, 3.63) is 28.0 Å². The van der Waals surface area contributed by atoms with Crippen molar-refractivity contribution in [3.8, 4) is 5.75 Å². The molecule has 5 heteroatoms. The van der Waals surface area contributed by atoms with Crippen LogP contribution in [0.3, 0.4) is 0 Å². The highest BCUT2D eigenvalue weighted by Gasteiger charge is 2.13. The molecule has 0 aliphatic heterocycles. The van der Waals surface area contributed by atoms with E-state index in [1.54, 1.807) is 6.92 Å². The minimum atomic E-state index is -0.793. The summed E-state index contributed by atoms with van der Waals surface area (Å²) in [4.78, 5) is 11.2. The number of carbonyl (C=O) groups is 1. The number of phenols is 1. The fourth-order valence-electron chi connectivity index (χ4n) is 0.907. The van der Waals surface area contributed by atoms with E-state index in [-0.39, 0.29) is 16.6 Å². The Bertz CT molecular complexity index is 342. The zero-order valence-electron chi connectivity index (χ0n) is 7.38. The maximum Gasteiger partial charge on any atom is 0.338 e. The zero-order valence-corrected chi connectivity index (χ0v) is 8.97. The number of hydrogen-bond acceptors (Lipinski definition) is 3. The van der Waals surface area contributed by atoms with Gasteiger partial charge >= 0.3 is 5.97 Å². The molecular weight excluding hydrogens is 255 g/mol. The minimum Gasteiger partial charge on any atom is -0.505 e. The number of carbonyl (C=O) groups excluding carboxylic acids is 1. The van der Waals surface area contributed by atoms with Crippen LogP contribution in [-0.2, 0) is 4.74 Å². The van der Waals surface area contributed by atoms with Crippen LogP contribution in [0.15, 0.2) is 16.6 Å². The van der Waals surface area contributed by atoms with E-state index in [1.807, 2.05) is 0 Å². The molecule has 0 aliphatic rings. The maximum atomic E-state index is 12.9. The number of hydrogen-bond donors (Lipinski definition) is 1. The normalized spacial score (nSPS) is 9.93. The molecule has 0 unspecified atom stereocenters. The van der Waals surface area contributed by atoms with Gasteiger partial charge in [-0.2, -0.15) is 0 Å². The van der Waals surface area contributed by atoms with Crippen molar-refractivity contribution in [1.82, 2.24) is 0 Å². The van der Waals surface area contributed by atoms with Crippen LogP contribution in [0.25, 0.3) is 0 Å². The van der Waals surface area contributed by atoms with Crippen molar-refractivity contribution < 1.29 is 19.0 Å². The van der Waals surface area contributed by atoms with Gasteiger partial charge in [0.25, 0.3) is 0 Å². The van der Waals surface area contributed by atoms with Crippen LogP contribution in [0, 0.1) is 5.82 Å². The first-order chi connectivity index (χ1) is 6.56. The van der Waals surface area contributed by atoms with Crippen LogP contribution in [0.4, 0.5) is 4.39 Å². The van der Waals surface area contributed by atoms with Gasteiger partial charge in [-0.15, -0.1) is 0 Å². The van der Waals surface area contributed by atoms with Crippen LogP contribution in [-0.4, -0.2) is 17.7 Å². The summed E-state index contributed by atoms with van der Waals surface area (Å²) < 4.78 is 17.6. The molecule has 0 heterocycles. The van der Waals surface area contributed by atoms with E-state index in [1.165, 1.54) is 6.07 Å². The lowest BCUT2D eigenvalue weighted by Crippen LogP contribution is -2.04. The Hall–Kier alpha value is -1.10. The third-order valence-corrected chi connectivity index (χ3v) is 2.10. The Kier molecular flexibility index (Phi) is 3.46. The first-order valence-corrected chi connectivity index (χ1v) is 4.70. The lowest BCUT2D eigenvalue weighted by atomic mass is 10.2. The summed E-state index contributed by atoms with van der Waals surface area (Å²) in [5.41, 5.74) is 0.109. The van der Waals surface area contributed by atoms with Crippen molar-refractivity contribution in [2.75, 3.05) is 6.61 Å². The van der Waals surface area contributed by atoms with Gasteiger partial charge in [-0.25, -0.2) is 9.18 Å². The lowest BCUT2D eigenvalue weighted by molar-refractivity contribution is 0.0525. The van der Waals surface area contributed by atoms with E-state index < -0.39 is 17.5 Å². The summed E-state index contributed by atoms with van der Waals surface area (Å²) in [6.45, 7) is 1.89. The van der Waals surface area contributed by atoms with Crippen LogP contribution in [0.2, 0.25) is 0 Å². The fraction of sp³-hybridized carbons (Fsp3) is 0.222. The van der Waals surface area contributed by atoms with E-state index in [0.717, 1.165) is 6.07 Å². The van der Waals surface area contributed by atoms with Gasteiger partial charge in [0.2, 0.25) is 0 Å². The van der Waals surface area contributed by atoms with Gasteiger partial charge in [-0.3, -0.25) is 0 Å². The van der Waals surface area contributed by atoms with Gasteiger partial charge in [0.05, 0.1) is 16.6 Å². The monoisotopic (exact) mass is 262 g/mol. The van der Waals surface area contributed by atoms with Gasteiger partial charge < -0.3 is 9.84 Å². The SMILES string of the molecule is CCOC(=O)c1cc(O)c(F)c(Br)c1. The first kappa shape index (κ1) is 11.0. The predicted molar refractivity (Wildman–Crippen MR) is 51.7 cm³/mol. The molecule has 1 rings (SSSR count). The van der Waals surface area contributed by atoms with Crippen LogP contribution in [0.5, 0.6) is 5.75 Å². The van der Waals surface area contributed by atoms with Crippen molar-refractivity contribution >= 4 is 21.9 Å². The molecule has 3 nitrogen and oxygen atoms in total. The number of rotatable bonds is 2. The van der Waals surface area contributed by atoms with E-state index in [9.17, 15) is 9.18 Å². The second-order valence-corrected chi connectivity index (χ2v) is 3.37. The number of benzene rings is 1. The summed E-state index contributed by atoms with van der Waals surface area (Å²) in [6.07, 6.45) is 0. The van der Waals surface area contributed by atoms with E-state index in [2.05, 4.69) is 20.7 Å². The molecule has 0 saturated carbocycles. The Balaban J connectivity index is 3.06. The highest BCUT2D eigenvalue weighted by molar-refractivity contribution is 9.10. The Morgan fingerprint density at radius 2 is 2.29 bits per heavy atom. The van der Waals surface area contributed by atoms with Gasteiger partial charge in [0.15, 0.2) is 11.6 Å². The maximum absolute atomic E-state index is 12.9. The molecular formula is C9H8BrFO3. The molecule has 0 aliphatic carbocycles. The average Bonchev–Trinajstić information content (AvgIpc) is 2.13. The summed E-state index contributed by atoms with van der Waals surface area (Å²) in [7, 11) is 0. The standard InChI is InChI=1S/C9H8BrFO3/c1-2-14-9(13)5-3-6(10)8(11)7(12)4-5/h3-4,12H,2H2,1H3. The summed E-state index contributed by atoms with van der Waals surface area (Å²) in [5.74, 6) is -1.97. The number of esters is 1. The lowest BCUT2D eigenvalue weighted by Gasteiger charge is -2.04. The van der Waals surface area contributed by atoms with Gasteiger partial charge in [-0.1, -0.05) is 0 Å². The number of ether oxygens (including phenoxy) is 1. The summed E-state index contributed by atoms with van der Waals surface area (Å²) in [6, 6.07) is 2.28. The molecule has 0 radical (unpaired) electrons. The van der Waals surface area contributed by atoms with E-state index in [0.29, 0.717) is 0 Å². The third kappa shape index (κ3) is 2.23. The van der Waals surface area contributed by atoms with Gasteiger partial charge in [0, 0.05) is 0 Å². The second kappa shape index (κ2) is 4.41. The van der Waals surface area contributed by atoms with E-state index >= 15 is 0 Å². The molecule has 0 amide bonds. The van der Waals surface area contributed by atoms with Crippen LogP contribution >= 0.6 is 15.9 Å². The highest BCUT2D eigenvalue weighted by Crippen LogP contribution is 2.26. The smallest absolute Gasteiger partial charge is 0.338 e. The predicted octanol–water partition coefficient (Wildman–Crippen LogP) is 2.47. The quantitative estimate of drug-likeness (QED) is 0.834. The molecule has 0 fully saturated rings. The van der Waals surface area contributed by atoms with Crippen molar-refractivity contribution in [3.63, 3.8) is 0 Å². The zero-order chi connectivity index (χ0) is 10.7.